The van der Waals surface area contributed by atoms with E-state index in [0.717, 1.165) is 18.2 Å². The van der Waals surface area contributed by atoms with E-state index in [1.165, 1.54) is 0 Å². The molecular weight excluding hydrogens is 204 g/mol. The van der Waals surface area contributed by atoms with Gasteiger partial charge in [-0.3, -0.25) is 0 Å². The van der Waals surface area contributed by atoms with Gasteiger partial charge < -0.3 is 10.1 Å². The highest BCUT2D eigenvalue weighted by Crippen LogP contribution is 2.27. The van der Waals surface area contributed by atoms with E-state index in [1.54, 1.807) is 6.92 Å². The first-order chi connectivity index (χ1) is 7.06. The molecule has 1 fully saturated rings. The normalized spacial score (nSPS) is 24.9. The van der Waals surface area contributed by atoms with Gasteiger partial charge in [0.2, 0.25) is 0 Å². The Morgan fingerprint density at radius 1 is 1.27 bits per heavy atom. The standard InChI is InChI=1S/C10H9F2NO2/c1-5-9(15-10(14)13-5)6-2-7(11)4-8(12)3-6/h2-5,9H,1H3,(H,13,14)/t5-,9-/m1/s1. The van der Waals surface area contributed by atoms with Crippen molar-refractivity contribution in [1.29, 1.82) is 0 Å². The van der Waals surface area contributed by atoms with Crippen molar-refractivity contribution >= 4 is 6.09 Å². The van der Waals surface area contributed by atoms with Crippen LogP contribution in [0, 0.1) is 11.6 Å². The van der Waals surface area contributed by atoms with Gasteiger partial charge in [0, 0.05) is 11.6 Å². The third kappa shape index (κ3) is 1.91. The highest BCUT2D eigenvalue weighted by Gasteiger charge is 2.32. The van der Waals surface area contributed by atoms with Crippen LogP contribution >= 0.6 is 0 Å². The molecule has 1 amide bonds. The zero-order chi connectivity index (χ0) is 11.0. The predicted molar refractivity (Wildman–Crippen MR) is 48.2 cm³/mol. The van der Waals surface area contributed by atoms with Gasteiger partial charge in [0.25, 0.3) is 0 Å². The van der Waals surface area contributed by atoms with Gasteiger partial charge in [0.1, 0.15) is 17.7 Å². The lowest BCUT2D eigenvalue weighted by atomic mass is 10.0. The molecule has 0 unspecified atom stereocenters. The predicted octanol–water partition coefficient (Wildman–Crippen LogP) is 2.13. The van der Waals surface area contributed by atoms with Gasteiger partial charge in [0.05, 0.1) is 6.04 Å². The number of hydrogen-bond acceptors (Lipinski definition) is 2. The fraction of sp³-hybridized carbons (Fsp3) is 0.300. The maximum atomic E-state index is 12.9. The summed E-state index contributed by atoms with van der Waals surface area (Å²) in [6, 6.07) is 2.80. The number of hydrogen-bond donors (Lipinski definition) is 1. The van der Waals surface area contributed by atoms with Crippen molar-refractivity contribution < 1.29 is 18.3 Å². The molecule has 2 rings (SSSR count). The summed E-state index contributed by atoms with van der Waals surface area (Å²) >= 11 is 0. The lowest BCUT2D eigenvalue weighted by molar-refractivity contribution is 0.133. The van der Waals surface area contributed by atoms with Crippen LogP contribution in [0.15, 0.2) is 18.2 Å². The molecule has 15 heavy (non-hydrogen) atoms. The number of ether oxygens (including phenoxy) is 1. The summed E-state index contributed by atoms with van der Waals surface area (Å²) in [6.45, 7) is 1.71. The quantitative estimate of drug-likeness (QED) is 0.776. The van der Waals surface area contributed by atoms with Crippen molar-refractivity contribution in [2.75, 3.05) is 0 Å². The molecule has 1 aliphatic heterocycles. The van der Waals surface area contributed by atoms with E-state index in [0.29, 0.717) is 5.56 Å². The fourth-order valence-electron chi connectivity index (χ4n) is 1.61. The van der Waals surface area contributed by atoms with Crippen LogP contribution in [-0.4, -0.2) is 12.1 Å². The number of rotatable bonds is 1. The summed E-state index contributed by atoms with van der Waals surface area (Å²) in [5.41, 5.74) is 0.318. The molecule has 5 heteroatoms. The fourth-order valence-corrected chi connectivity index (χ4v) is 1.61. The number of alkyl carbamates (subject to hydrolysis) is 1. The molecule has 1 N–H and O–H groups in total. The summed E-state index contributed by atoms with van der Waals surface area (Å²) in [7, 11) is 0. The van der Waals surface area contributed by atoms with Crippen LogP contribution in [0.2, 0.25) is 0 Å². The Morgan fingerprint density at radius 2 is 1.87 bits per heavy atom. The molecule has 3 nitrogen and oxygen atoms in total. The molecule has 0 spiro atoms. The van der Waals surface area contributed by atoms with Crippen LogP contribution in [0.1, 0.15) is 18.6 Å². The summed E-state index contributed by atoms with van der Waals surface area (Å²) in [6.07, 6.45) is -1.21. The monoisotopic (exact) mass is 213 g/mol. The van der Waals surface area contributed by atoms with Crippen LogP contribution in [-0.2, 0) is 4.74 Å². The van der Waals surface area contributed by atoms with E-state index in [-0.39, 0.29) is 6.04 Å². The van der Waals surface area contributed by atoms with Gasteiger partial charge in [-0.15, -0.1) is 0 Å². The molecule has 0 aromatic heterocycles. The second kappa shape index (κ2) is 3.49. The highest BCUT2D eigenvalue weighted by molar-refractivity contribution is 5.70. The minimum absolute atomic E-state index is 0.293. The Morgan fingerprint density at radius 3 is 2.33 bits per heavy atom. The average Bonchev–Trinajstić information content (AvgIpc) is 2.43. The molecule has 1 saturated heterocycles. The topological polar surface area (TPSA) is 38.3 Å². The Kier molecular flexibility index (Phi) is 2.30. The maximum absolute atomic E-state index is 12.9. The van der Waals surface area contributed by atoms with E-state index in [2.05, 4.69) is 5.32 Å². The molecule has 0 saturated carbocycles. The second-order valence-corrected chi connectivity index (χ2v) is 3.46. The number of nitrogens with one attached hydrogen (secondary N) is 1. The van der Waals surface area contributed by atoms with E-state index >= 15 is 0 Å². The van der Waals surface area contributed by atoms with E-state index in [9.17, 15) is 13.6 Å². The Labute approximate surface area is 85.0 Å². The molecule has 0 bridgehead atoms. The van der Waals surface area contributed by atoms with E-state index < -0.39 is 23.8 Å². The lowest BCUT2D eigenvalue weighted by Crippen LogP contribution is -2.23. The third-order valence-electron chi connectivity index (χ3n) is 2.25. The molecule has 1 aliphatic rings. The summed E-state index contributed by atoms with van der Waals surface area (Å²) in [5, 5.41) is 2.50. The number of carbonyl (C=O) groups excluding carboxylic acids is 1. The summed E-state index contributed by atoms with van der Waals surface area (Å²) < 4.78 is 30.7. The first-order valence-electron chi connectivity index (χ1n) is 4.49. The van der Waals surface area contributed by atoms with Crippen molar-refractivity contribution in [3.05, 3.63) is 35.4 Å². The van der Waals surface area contributed by atoms with Crippen molar-refractivity contribution in [3.8, 4) is 0 Å². The van der Waals surface area contributed by atoms with Gasteiger partial charge in [-0.05, 0) is 19.1 Å². The average molecular weight is 213 g/mol. The second-order valence-electron chi connectivity index (χ2n) is 3.46. The van der Waals surface area contributed by atoms with Crippen molar-refractivity contribution in [2.45, 2.75) is 19.1 Å². The highest BCUT2D eigenvalue weighted by atomic mass is 19.1. The summed E-state index contributed by atoms with van der Waals surface area (Å²) in [5.74, 6) is -1.36. The van der Waals surface area contributed by atoms with Gasteiger partial charge in [-0.1, -0.05) is 0 Å². The lowest BCUT2D eigenvalue weighted by Gasteiger charge is -2.12. The zero-order valence-electron chi connectivity index (χ0n) is 7.96. The molecule has 80 valence electrons. The van der Waals surface area contributed by atoms with Crippen LogP contribution < -0.4 is 5.32 Å². The van der Waals surface area contributed by atoms with Crippen molar-refractivity contribution in [3.63, 3.8) is 0 Å². The molecule has 1 aromatic carbocycles. The smallest absolute Gasteiger partial charge is 0.408 e. The van der Waals surface area contributed by atoms with E-state index in [4.69, 9.17) is 4.74 Å². The van der Waals surface area contributed by atoms with Crippen LogP contribution in [0.4, 0.5) is 13.6 Å². The Balaban J connectivity index is 2.33. The number of benzene rings is 1. The number of carbonyl (C=O) groups is 1. The van der Waals surface area contributed by atoms with E-state index in [1.807, 2.05) is 0 Å². The van der Waals surface area contributed by atoms with Gasteiger partial charge in [-0.2, -0.15) is 0 Å². The molecule has 1 aromatic rings. The molecule has 2 atom stereocenters. The minimum atomic E-state index is -0.680. The molecular formula is C10H9F2NO2. The zero-order valence-corrected chi connectivity index (χ0v) is 7.96. The first-order valence-corrected chi connectivity index (χ1v) is 4.49. The molecule has 0 radical (unpaired) electrons. The number of halogens is 2. The minimum Gasteiger partial charge on any atom is -0.439 e. The largest absolute Gasteiger partial charge is 0.439 e. The van der Waals surface area contributed by atoms with Gasteiger partial charge in [0.15, 0.2) is 0 Å². The Bertz CT molecular complexity index is 388. The van der Waals surface area contributed by atoms with Gasteiger partial charge >= 0.3 is 6.09 Å². The van der Waals surface area contributed by atoms with Crippen molar-refractivity contribution in [2.24, 2.45) is 0 Å². The van der Waals surface area contributed by atoms with Crippen LogP contribution in [0.5, 0.6) is 0 Å². The van der Waals surface area contributed by atoms with Crippen LogP contribution in [0.3, 0.4) is 0 Å². The van der Waals surface area contributed by atoms with Crippen LogP contribution in [0.25, 0.3) is 0 Å². The molecule has 0 aliphatic carbocycles. The van der Waals surface area contributed by atoms with Gasteiger partial charge in [-0.25, -0.2) is 13.6 Å². The maximum Gasteiger partial charge on any atom is 0.408 e. The number of amides is 1. The summed E-state index contributed by atoms with van der Waals surface area (Å²) in [4.78, 5) is 10.9. The third-order valence-corrected chi connectivity index (χ3v) is 2.25. The Hall–Kier alpha value is -1.65. The number of cyclic esters (lactones) is 1. The SMILES string of the molecule is C[C@H]1NC(=O)O[C@H]1c1cc(F)cc(F)c1. The van der Waals surface area contributed by atoms with Crippen molar-refractivity contribution in [1.82, 2.24) is 5.32 Å². The first kappa shape index (κ1) is 9.89. The molecule has 1 heterocycles.